The van der Waals surface area contributed by atoms with E-state index < -0.39 is 0 Å². The Morgan fingerprint density at radius 3 is 2.68 bits per heavy atom. The van der Waals surface area contributed by atoms with Crippen LogP contribution in [-0.4, -0.2) is 35.0 Å². The van der Waals surface area contributed by atoms with Crippen LogP contribution in [0, 0.1) is 4.77 Å². The second-order valence-electron chi connectivity index (χ2n) is 5.69. The van der Waals surface area contributed by atoms with Crippen molar-refractivity contribution < 1.29 is 9.59 Å². The average molecular weight is 362 g/mol. The van der Waals surface area contributed by atoms with Crippen molar-refractivity contribution in [2.45, 2.75) is 32.2 Å². The van der Waals surface area contributed by atoms with Crippen LogP contribution in [-0.2, 0) is 16.1 Å². The molecule has 7 nitrogen and oxygen atoms in total. The molecule has 0 fully saturated rings. The molecule has 0 spiro atoms. The normalized spacial score (nSPS) is 10.6. The predicted molar refractivity (Wildman–Crippen MR) is 98.9 cm³/mol. The first-order chi connectivity index (χ1) is 12.0. The molecule has 134 valence electrons. The van der Waals surface area contributed by atoms with Crippen molar-refractivity contribution in [3.05, 3.63) is 39.4 Å². The lowest BCUT2D eigenvalue weighted by Crippen LogP contribution is -2.34. The van der Waals surface area contributed by atoms with E-state index in [2.05, 4.69) is 15.6 Å². The van der Waals surface area contributed by atoms with Gasteiger partial charge >= 0.3 is 0 Å². The van der Waals surface area contributed by atoms with Crippen LogP contribution in [0.2, 0.25) is 0 Å². The largest absolute Gasteiger partial charge is 0.358 e. The lowest BCUT2D eigenvalue weighted by molar-refractivity contribution is -0.125. The Hall–Kier alpha value is -2.48. The second kappa shape index (κ2) is 9.12. The molecule has 0 saturated heterocycles. The first-order valence-corrected chi connectivity index (χ1v) is 8.63. The number of hydrogen-bond acceptors (Lipinski definition) is 4. The van der Waals surface area contributed by atoms with Crippen molar-refractivity contribution in [3.8, 4) is 0 Å². The van der Waals surface area contributed by atoms with Crippen molar-refractivity contribution in [3.63, 3.8) is 0 Å². The van der Waals surface area contributed by atoms with Crippen molar-refractivity contribution >= 4 is 34.9 Å². The molecule has 0 aliphatic rings. The van der Waals surface area contributed by atoms with Gasteiger partial charge in [0.05, 0.1) is 17.4 Å². The van der Waals surface area contributed by atoms with E-state index in [0.717, 1.165) is 18.4 Å². The minimum Gasteiger partial charge on any atom is -0.358 e. The highest BCUT2D eigenvalue weighted by Crippen LogP contribution is 2.07. The number of likely N-dealkylation sites (N-methyl/N-ethyl adjacent to an activating group) is 1. The number of unbranched alkanes of at least 4 members (excludes halogenated alkanes) is 2. The number of nitrogens with zero attached hydrogens (tertiary/aromatic N) is 1. The van der Waals surface area contributed by atoms with Crippen LogP contribution in [0.25, 0.3) is 10.9 Å². The van der Waals surface area contributed by atoms with Crippen LogP contribution in [0.15, 0.2) is 29.1 Å². The van der Waals surface area contributed by atoms with Gasteiger partial charge in [-0.15, -0.1) is 0 Å². The number of hydrogen-bond donors (Lipinski definition) is 3. The molecule has 0 bridgehead atoms. The van der Waals surface area contributed by atoms with Crippen molar-refractivity contribution in [2.24, 2.45) is 0 Å². The third-order valence-corrected chi connectivity index (χ3v) is 4.22. The van der Waals surface area contributed by atoms with Gasteiger partial charge in [0.25, 0.3) is 5.56 Å². The number of fused-ring (bicyclic) bond motifs is 1. The summed E-state index contributed by atoms with van der Waals surface area (Å²) < 4.78 is 1.97. The molecule has 1 heterocycles. The molecule has 0 unspecified atom stereocenters. The predicted octanol–water partition coefficient (Wildman–Crippen LogP) is 1.48. The highest BCUT2D eigenvalue weighted by atomic mass is 32.1. The third kappa shape index (κ3) is 5.25. The Kier molecular flexibility index (Phi) is 6.88. The number of carbonyl (C=O) groups is 2. The number of carbonyl (C=O) groups excluding carboxylic acids is 2. The summed E-state index contributed by atoms with van der Waals surface area (Å²) in [5.41, 5.74) is 0.643. The summed E-state index contributed by atoms with van der Waals surface area (Å²) in [6.45, 7) is 0.510. The molecule has 3 N–H and O–H groups in total. The van der Waals surface area contributed by atoms with E-state index in [9.17, 15) is 14.4 Å². The van der Waals surface area contributed by atoms with Crippen LogP contribution in [0.5, 0.6) is 0 Å². The molecule has 0 saturated carbocycles. The number of amides is 2. The second-order valence-corrected chi connectivity index (χ2v) is 6.08. The number of H-pyrrole nitrogens is 1. The first-order valence-electron chi connectivity index (χ1n) is 8.22. The summed E-state index contributed by atoms with van der Waals surface area (Å²) in [6.07, 6.45) is 2.59. The maximum absolute atomic E-state index is 12.5. The summed E-state index contributed by atoms with van der Waals surface area (Å²) >= 11 is 5.26. The first kappa shape index (κ1) is 18.9. The SMILES string of the molecule is CNC(=O)CNC(=O)CCCCCn1c(=S)[nH]c2ccccc2c1=O. The summed E-state index contributed by atoms with van der Waals surface area (Å²) in [5, 5.41) is 5.61. The van der Waals surface area contributed by atoms with Crippen LogP contribution >= 0.6 is 12.2 Å². The van der Waals surface area contributed by atoms with Gasteiger partial charge in [0.2, 0.25) is 11.8 Å². The van der Waals surface area contributed by atoms with Gasteiger partial charge in [-0.25, -0.2) is 0 Å². The molecule has 0 radical (unpaired) electrons. The van der Waals surface area contributed by atoms with Crippen molar-refractivity contribution in [2.75, 3.05) is 13.6 Å². The summed E-state index contributed by atoms with van der Waals surface area (Å²) in [5.74, 6) is -0.373. The fourth-order valence-electron chi connectivity index (χ4n) is 2.49. The maximum atomic E-state index is 12.5. The molecule has 2 aromatic rings. The van der Waals surface area contributed by atoms with E-state index in [1.54, 1.807) is 10.6 Å². The van der Waals surface area contributed by atoms with Gasteiger partial charge in [-0.3, -0.25) is 19.0 Å². The quantitative estimate of drug-likeness (QED) is 0.490. The van der Waals surface area contributed by atoms with Crippen molar-refractivity contribution in [1.82, 2.24) is 20.2 Å². The van der Waals surface area contributed by atoms with Gasteiger partial charge in [-0.05, 0) is 37.2 Å². The Balaban J connectivity index is 1.82. The highest BCUT2D eigenvalue weighted by Gasteiger charge is 2.06. The lowest BCUT2D eigenvalue weighted by Gasteiger charge is -2.08. The minimum absolute atomic E-state index is 0.00301. The molecule has 0 aliphatic heterocycles. The van der Waals surface area contributed by atoms with E-state index >= 15 is 0 Å². The minimum atomic E-state index is -0.224. The zero-order chi connectivity index (χ0) is 18.2. The smallest absolute Gasteiger partial charge is 0.262 e. The summed E-state index contributed by atoms with van der Waals surface area (Å²) in [7, 11) is 1.52. The molecular weight excluding hydrogens is 340 g/mol. The van der Waals surface area contributed by atoms with E-state index in [4.69, 9.17) is 12.2 Å². The fraction of sp³-hybridized carbons (Fsp3) is 0.412. The summed E-state index contributed by atoms with van der Waals surface area (Å²) in [4.78, 5) is 38.2. The molecular formula is C17H22N4O3S. The number of para-hydroxylation sites is 1. The standard InChI is InChI=1S/C17H22N4O3S/c1-18-15(23)11-19-14(22)9-3-2-6-10-21-16(24)12-7-4-5-8-13(12)20-17(21)25/h4-5,7-8H,2-3,6,9-11H2,1H3,(H,18,23)(H,19,22)(H,20,25). The Morgan fingerprint density at radius 1 is 1.16 bits per heavy atom. The topological polar surface area (TPSA) is 96.0 Å². The van der Waals surface area contributed by atoms with Crippen LogP contribution in [0.1, 0.15) is 25.7 Å². The maximum Gasteiger partial charge on any atom is 0.262 e. The number of nitrogens with one attached hydrogen (secondary N) is 3. The number of benzene rings is 1. The lowest BCUT2D eigenvalue weighted by atomic mass is 10.2. The van der Waals surface area contributed by atoms with E-state index in [1.807, 2.05) is 18.2 Å². The molecule has 25 heavy (non-hydrogen) atoms. The number of rotatable bonds is 8. The molecule has 1 aromatic carbocycles. The molecule has 0 aliphatic carbocycles. The monoisotopic (exact) mass is 362 g/mol. The number of aromatic amines is 1. The Morgan fingerprint density at radius 2 is 1.92 bits per heavy atom. The van der Waals surface area contributed by atoms with E-state index in [0.29, 0.717) is 29.5 Å². The number of aromatic nitrogens is 2. The van der Waals surface area contributed by atoms with Crippen LogP contribution < -0.4 is 16.2 Å². The van der Waals surface area contributed by atoms with Crippen LogP contribution in [0.4, 0.5) is 0 Å². The van der Waals surface area contributed by atoms with Gasteiger partial charge in [0.1, 0.15) is 0 Å². The zero-order valence-electron chi connectivity index (χ0n) is 14.1. The van der Waals surface area contributed by atoms with Gasteiger partial charge < -0.3 is 15.6 Å². The van der Waals surface area contributed by atoms with Crippen molar-refractivity contribution in [1.29, 1.82) is 0 Å². The Labute approximate surface area is 150 Å². The van der Waals surface area contributed by atoms with Crippen LogP contribution in [0.3, 0.4) is 0 Å². The molecule has 2 amide bonds. The Bertz CT molecular complexity index is 872. The van der Waals surface area contributed by atoms with E-state index in [-0.39, 0.29) is 23.9 Å². The molecule has 1 aromatic heterocycles. The zero-order valence-corrected chi connectivity index (χ0v) is 14.9. The third-order valence-electron chi connectivity index (χ3n) is 3.90. The van der Waals surface area contributed by atoms with Gasteiger partial charge in [0, 0.05) is 20.0 Å². The summed E-state index contributed by atoms with van der Waals surface area (Å²) in [6, 6.07) is 7.28. The van der Waals surface area contributed by atoms with Gasteiger partial charge in [0.15, 0.2) is 4.77 Å². The molecule has 8 heteroatoms. The van der Waals surface area contributed by atoms with Gasteiger partial charge in [-0.2, -0.15) is 0 Å². The van der Waals surface area contributed by atoms with E-state index in [1.165, 1.54) is 7.05 Å². The fourth-order valence-corrected chi connectivity index (χ4v) is 2.77. The highest BCUT2D eigenvalue weighted by molar-refractivity contribution is 7.71. The van der Waals surface area contributed by atoms with Gasteiger partial charge in [-0.1, -0.05) is 18.6 Å². The molecule has 0 atom stereocenters. The average Bonchev–Trinajstić information content (AvgIpc) is 2.61. The molecule has 2 rings (SSSR count).